The molecule has 0 aliphatic carbocycles. The van der Waals surface area contributed by atoms with Gasteiger partial charge in [-0.1, -0.05) is 36.4 Å². The molecule has 0 aromatic heterocycles. The number of urea groups is 1. The van der Waals surface area contributed by atoms with Gasteiger partial charge in [-0.15, -0.1) is 0 Å². The molecule has 4 atom stereocenters. The monoisotopic (exact) mass is 635 g/mol. The van der Waals surface area contributed by atoms with Crippen molar-refractivity contribution >= 4 is 54.9 Å². The Morgan fingerprint density at radius 3 is 1.62 bits per heavy atom. The van der Waals surface area contributed by atoms with Crippen LogP contribution in [0, 0.1) is 0 Å². The number of nitrogens with one attached hydrogen (secondary N) is 3. The molecule has 5 amide bonds. The Morgan fingerprint density at radius 2 is 1.17 bits per heavy atom. The van der Waals surface area contributed by atoms with Gasteiger partial charge < -0.3 is 5.32 Å². The van der Waals surface area contributed by atoms with Gasteiger partial charge in [0.1, 0.15) is 11.3 Å². The predicted octanol–water partition coefficient (Wildman–Crippen LogP) is 1.24. The van der Waals surface area contributed by atoms with Crippen molar-refractivity contribution in [1.29, 1.82) is 0 Å². The second-order valence-corrected chi connectivity index (χ2v) is 14.9. The Labute approximate surface area is 247 Å². The van der Waals surface area contributed by atoms with Crippen molar-refractivity contribution in [3.63, 3.8) is 0 Å². The first-order valence-electron chi connectivity index (χ1n) is 13.3. The summed E-state index contributed by atoms with van der Waals surface area (Å²) in [4.78, 5) is 46.5. The van der Waals surface area contributed by atoms with Crippen LogP contribution in [0.25, 0.3) is 0 Å². The molecular weight excluding hydrogens is 607 g/mol. The second kappa shape index (κ2) is 12.1. The molecule has 224 valence electrons. The Hall–Kier alpha value is -3.31. The highest BCUT2D eigenvalue weighted by Crippen LogP contribution is 2.35. The van der Waals surface area contributed by atoms with Crippen LogP contribution >= 0.6 is 11.8 Å². The highest BCUT2D eigenvalue weighted by atomic mass is 32.2. The third-order valence-corrected chi connectivity index (χ3v) is 12.4. The molecule has 13 nitrogen and oxygen atoms in total. The summed E-state index contributed by atoms with van der Waals surface area (Å²) in [5, 5.41) is 5.80. The average Bonchev–Trinajstić information content (AvgIpc) is 3.77. The smallest absolute Gasteiger partial charge is 0.322 e. The summed E-state index contributed by atoms with van der Waals surface area (Å²) in [6.45, 7) is 0.724. The summed E-state index contributed by atoms with van der Waals surface area (Å²) in [7, 11) is -7.30. The van der Waals surface area contributed by atoms with E-state index in [1.807, 2.05) is 0 Å². The minimum atomic E-state index is -3.66. The van der Waals surface area contributed by atoms with E-state index in [1.165, 1.54) is 32.9 Å². The minimum absolute atomic E-state index is 0.196. The molecule has 4 heterocycles. The van der Waals surface area contributed by atoms with Crippen molar-refractivity contribution in [2.24, 2.45) is 0 Å². The molecule has 2 aromatic rings. The van der Waals surface area contributed by atoms with E-state index >= 15 is 0 Å². The number of sulfonamides is 2. The van der Waals surface area contributed by atoms with E-state index in [4.69, 9.17) is 0 Å². The van der Waals surface area contributed by atoms with Crippen molar-refractivity contribution in [3.05, 3.63) is 60.7 Å². The van der Waals surface area contributed by atoms with Gasteiger partial charge in [-0.05, 0) is 61.7 Å². The van der Waals surface area contributed by atoms with Crippen LogP contribution in [0.3, 0.4) is 0 Å². The fourth-order valence-electron chi connectivity index (χ4n) is 5.55. The van der Waals surface area contributed by atoms with E-state index in [1.54, 1.807) is 36.4 Å². The van der Waals surface area contributed by atoms with E-state index < -0.39 is 66.5 Å². The van der Waals surface area contributed by atoms with Gasteiger partial charge in [0, 0.05) is 19.1 Å². The number of amides is 5. The Bertz CT molecular complexity index is 1470. The molecule has 4 aliphatic rings. The van der Waals surface area contributed by atoms with Crippen molar-refractivity contribution in [3.8, 4) is 0 Å². The van der Waals surface area contributed by atoms with Crippen LogP contribution in [-0.2, 0) is 29.6 Å². The molecule has 0 saturated carbocycles. The van der Waals surface area contributed by atoms with Gasteiger partial charge in [-0.25, -0.2) is 21.6 Å². The molecule has 3 N–H and O–H groups in total. The quantitative estimate of drug-likeness (QED) is 0.394. The van der Waals surface area contributed by atoms with E-state index in [2.05, 4.69) is 16.0 Å². The lowest BCUT2D eigenvalue weighted by atomic mass is 10.1. The fourth-order valence-corrected chi connectivity index (χ4v) is 10.1. The highest BCUT2D eigenvalue weighted by Gasteiger charge is 2.47. The summed E-state index contributed by atoms with van der Waals surface area (Å²) >= 11 is 0.880. The molecule has 0 spiro atoms. The number of carbonyl (C=O) groups excluding carboxylic acids is 4. The zero-order chi connectivity index (χ0) is 30.1. The lowest BCUT2D eigenvalue weighted by Gasteiger charge is -2.27. The maximum absolute atomic E-state index is 12.7. The normalized spacial score (nSPS) is 26.9. The average molecular weight is 636 g/mol. The van der Waals surface area contributed by atoms with Gasteiger partial charge in [0.05, 0.1) is 15.8 Å². The van der Waals surface area contributed by atoms with E-state index in [0.29, 0.717) is 38.8 Å². The number of carbonyl (C=O) groups is 4. The summed E-state index contributed by atoms with van der Waals surface area (Å²) < 4.78 is 53.4. The summed E-state index contributed by atoms with van der Waals surface area (Å²) in [5.41, 5.74) is 0. The Morgan fingerprint density at radius 1 is 0.667 bits per heavy atom. The molecule has 4 unspecified atom stereocenters. The van der Waals surface area contributed by atoms with Gasteiger partial charge in [0.15, 0.2) is 0 Å². The van der Waals surface area contributed by atoms with Gasteiger partial charge in [-0.2, -0.15) is 8.61 Å². The third-order valence-electron chi connectivity index (χ3n) is 7.45. The Balaban J connectivity index is 0.000000168. The van der Waals surface area contributed by atoms with Crippen molar-refractivity contribution in [2.75, 3.05) is 13.1 Å². The molecule has 0 radical (unpaired) electrons. The SMILES string of the molecule is O=C1NC(=O)C(C2CCCN2S(=O)(=O)c2ccccc2)N1.O=C1NC(=O)C(C2CCCN2S(=O)(=O)c2ccccc2)S1. The van der Waals surface area contributed by atoms with Crippen LogP contribution in [0.15, 0.2) is 70.5 Å². The van der Waals surface area contributed by atoms with E-state index in [9.17, 15) is 36.0 Å². The number of imide groups is 2. The van der Waals surface area contributed by atoms with Gasteiger partial charge in [0.25, 0.3) is 11.1 Å². The number of hydrogen-bond donors (Lipinski definition) is 3. The first-order chi connectivity index (χ1) is 20.0. The minimum Gasteiger partial charge on any atom is -0.324 e. The summed E-state index contributed by atoms with van der Waals surface area (Å²) in [6, 6.07) is 13.9. The largest absolute Gasteiger partial charge is 0.324 e. The van der Waals surface area contributed by atoms with Crippen molar-refractivity contribution < 1.29 is 36.0 Å². The lowest BCUT2D eigenvalue weighted by Crippen LogP contribution is -2.49. The first-order valence-corrected chi connectivity index (χ1v) is 17.0. The van der Waals surface area contributed by atoms with Gasteiger partial charge in [0.2, 0.25) is 26.0 Å². The van der Waals surface area contributed by atoms with Crippen LogP contribution in [0.5, 0.6) is 0 Å². The standard InChI is InChI=1S/C13H15N3O4S.C13H14N2O4S2/c17-12-11(14-13(18)15-12)10-7-4-8-16(10)21(19,20)9-5-2-1-3-6-9;16-12-11(20-13(17)14-12)10-7-4-8-15(10)21(18,19)9-5-2-1-3-6-9/h1-3,5-6,10-11H,4,7-8H2,(H2,14,15,17,18);1-3,5-6,10-11H,4,7-8H2,(H,14,16,17). The van der Waals surface area contributed by atoms with Crippen LogP contribution in [-0.4, -0.2) is 85.0 Å². The molecule has 42 heavy (non-hydrogen) atoms. The number of nitrogens with zero attached hydrogens (tertiary/aromatic N) is 2. The van der Waals surface area contributed by atoms with Crippen molar-refractivity contribution in [1.82, 2.24) is 24.6 Å². The molecule has 6 rings (SSSR count). The lowest BCUT2D eigenvalue weighted by molar-refractivity contribution is -0.121. The van der Waals surface area contributed by atoms with Crippen LogP contribution in [0.1, 0.15) is 25.7 Å². The van der Waals surface area contributed by atoms with Crippen LogP contribution in [0.4, 0.5) is 9.59 Å². The molecule has 4 saturated heterocycles. The Kier molecular flexibility index (Phi) is 8.71. The van der Waals surface area contributed by atoms with Gasteiger partial charge >= 0.3 is 6.03 Å². The maximum Gasteiger partial charge on any atom is 0.322 e. The van der Waals surface area contributed by atoms with Crippen molar-refractivity contribution in [2.45, 2.75) is 58.8 Å². The predicted molar refractivity (Wildman–Crippen MR) is 152 cm³/mol. The zero-order valence-electron chi connectivity index (χ0n) is 22.2. The second-order valence-electron chi connectivity index (χ2n) is 10.0. The summed E-state index contributed by atoms with van der Waals surface area (Å²) in [5.74, 6) is -0.870. The molecule has 2 aromatic carbocycles. The van der Waals surface area contributed by atoms with E-state index in [-0.39, 0.29) is 9.79 Å². The highest BCUT2D eigenvalue weighted by molar-refractivity contribution is 8.15. The first kappa shape index (κ1) is 30.2. The molecular formula is C26H29N5O8S3. The van der Waals surface area contributed by atoms with Gasteiger partial charge in [-0.3, -0.25) is 25.0 Å². The topological polar surface area (TPSA) is 179 Å². The molecule has 4 fully saturated rings. The van der Waals surface area contributed by atoms with Crippen LogP contribution < -0.4 is 16.0 Å². The molecule has 0 bridgehead atoms. The fraction of sp³-hybridized carbons (Fsp3) is 0.385. The van der Waals surface area contributed by atoms with Crippen LogP contribution in [0.2, 0.25) is 0 Å². The number of rotatable bonds is 6. The van der Waals surface area contributed by atoms with E-state index in [0.717, 1.165) is 11.8 Å². The number of benzene rings is 2. The third kappa shape index (κ3) is 5.94. The summed E-state index contributed by atoms with van der Waals surface area (Å²) in [6.07, 6.45) is 2.49. The number of thioether (sulfide) groups is 1. The molecule has 4 aliphatic heterocycles. The molecule has 16 heteroatoms. The number of hydrogen-bond acceptors (Lipinski definition) is 9. The zero-order valence-corrected chi connectivity index (χ0v) is 24.7. The maximum atomic E-state index is 12.7.